The molecule has 8 heteroatoms. The monoisotopic (exact) mass is 456 g/mol. The summed E-state index contributed by atoms with van der Waals surface area (Å²) in [5.74, 6) is 1.89. The number of carbonyl (C=O) groups excluding carboxylic acids is 1. The second kappa shape index (κ2) is 12.8. The fourth-order valence-corrected chi connectivity index (χ4v) is 3.42. The fraction of sp³-hybridized carbons (Fsp3) is 0.440. The summed E-state index contributed by atoms with van der Waals surface area (Å²) in [7, 11) is 3.25. The number of carbonyl (C=O) groups is 1. The van der Waals surface area contributed by atoms with E-state index in [1.54, 1.807) is 38.5 Å². The smallest absolute Gasteiger partial charge is 0.273 e. The van der Waals surface area contributed by atoms with Crippen molar-refractivity contribution in [3.63, 3.8) is 0 Å². The molecule has 0 unspecified atom stereocenters. The Bertz CT molecular complexity index is 929. The quantitative estimate of drug-likeness (QED) is 0.453. The van der Waals surface area contributed by atoms with E-state index in [4.69, 9.17) is 23.7 Å². The average Bonchev–Trinajstić information content (AvgIpc) is 2.86. The highest BCUT2D eigenvalue weighted by Crippen LogP contribution is 2.29. The van der Waals surface area contributed by atoms with Crippen LogP contribution in [0.25, 0.3) is 0 Å². The van der Waals surface area contributed by atoms with Gasteiger partial charge >= 0.3 is 0 Å². The molecule has 0 spiro atoms. The van der Waals surface area contributed by atoms with Crippen LogP contribution in [0, 0.1) is 0 Å². The molecule has 0 saturated heterocycles. The molecule has 8 nitrogen and oxygen atoms in total. The second-order valence-corrected chi connectivity index (χ2v) is 7.36. The molecular formula is C25H32N2O6. The first-order valence-electron chi connectivity index (χ1n) is 11.2. The molecule has 0 aliphatic carbocycles. The summed E-state index contributed by atoms with van der Waals surface area (Å²) in [5.41, 5.74) is 2.34. The van der Waals surface area contributed by atoms with E-state index in [0.29, 0.717) is 62.4 Å². The van der Waals surface area contributed by atoms with Crippen molar-refractivity contribution in [2.45, 2.75) is 19.8 Å². The molecule has 178 valence electrons. The lowest BCUT2D eigenvalue weighted by Gasteiger charge is -2.24. The van der Waals surface area contributed by atoms with Crippen LogP contribution in [0.4, 0.5) is 0 Å². The largest absolute Gasteiger partial charge is 0.493 e. The summed E-state index contributed by atoms with van der Waals surface area (Å²) >= 11 is 0. The average molecular weight is 457 g/mol. The van der Waals surface area contributed by atoms with Gasteiger partial charge in [0.1, 0.15) is 12.4 Å². The van der Waals surface area contributed by atoms with E-state index in [9.17, 15) is 4.79 Å². The summed E-state index contributed by atoms with van der Waals surface area (Å²) in [5, 5.41) is 6.17. The van der Waals surface area contributed by atoms with Crippen LogP contribution in [-0.4, -0.2) is 70.4 Å². The first-order chi connectivity index (χ1) is 16.2. The molecule has 0 atom stereocenters. The highest BCUT2D eigenvalue weighted by atomic mass is 16.5. The van der Waals surface area contributed by atoms with Crippen LogP contribution < -0.4 is 14.2 Å². The van der Waals surface area contributed by atoms with Crippen molar-refractivity contribution >= 4 is 11.6 Å². The number of methoxy groups -OCH3 is 2. The van der Waals surface area contributed by atoms with Gasteiger partial charge in [-0.3, -0.25) is 4.79 Å². The first kappa shape index (κ1) is 24.5. The second-order valence-electron chi connectivity index (χ2n) is 7.36. The molecule has 0 saturated carbocycles. The number of benzene rings is 2. The molecule has 0 fully saturated rings. The maximum Gasteiger partial charge on any atom is 0.273 e. The zero-order valence-corrected chi connectivity index (χ0v) is 19.5. The third-order valence-electron chi connectivity index (χ3n) is 5.09. The number of ether oxygens (including phenoxy) is 5. The van der Waals surface area contributed by atoms with Gasteiger partial charge in [-0.05, 0) is 62.2 Å². The Morgan fingerprint density at radius 1 is 0.970 bits per heavy atom. The molecule has 33 heavy (non-hydrogen) atoms. The van der Waals surface area contributed by atoms with Gasteiger partial charge < -0.3 is 23.7 Å². The topological polar surface area (TPSA) is 78.8 Å². The van der Waals surface area contributed by atoms with Gasteiger partial charge in [-0.15, -0.1) is 0 Å². The standard InChI is InChI=1S/C25H32N2O6/c1-4-32-24-18-20(9-12-23(24)30-3)22-6-5-13-27(26-22)25(28)19-7-10-21(11-8-19)33-17-16-31-15-14-29-2/h7-12,18H,4-6,13-17H2,1-3H3. The van der Waals surface area contributed by atoms with Crippen molar-refractivity contribution in [3.05, 3.63) is 53.6 Å². The molecule has 1 aliphatic rings. The third-order valence-corrected chi connectivity index (χ3v) is 5.09. The summed E-state index contributed by atoms with van der Waals surface area (Å²) in [6.07, 6.45) is 1.63. The van der Waals surface area contributed by atoms with E-state index >= 15 is 0 Å². The first-order valence-corrected chi connectivity index (χ1v) is 11.2. The van der Waals surface area contributed by atoms with Crippen molar-refractivity contribution in [2.75, 3.05) is 53.8 Å². The maximum absolute atomic E-state index is 13.0. The van der Waals surface area contributed by atoms with Crippen LogP contribution in [0.5, 0.6) is 17.2 Å². The molecule has 1 amide bonds. The predicted octanol–water partition coefficient (Wildman–Crippen LogP) is 3.78. The van der Waals surface area contributed by atoms with E-state index < -0.39 is 0 Å². The molecule has 0 N–H and O–H groups in total. The number of hydrazone groups is 1. The minimum absolute atomic E-state index is 0.139. The SMILES string of the molecule is CCOc1cc(C2=NN(C(=O)c3ccc(OCCOCCOC)cc3)CCC2)ccc1OC. The van der Waals surface area contributed by atoms with Gasteiger partial charge in [0.25, 0.3) is 5.91 Å². The zero-order chi connectivity index (χ0) is 23.5. The highest BCUT2D eigenvalue weighted by molar-refractivity contribution is 6.03. The molecule has 0 aromatic heterocycles. The summed E-state index contributed by atoms with van der Waals surface area (Å²) in [4.78, 5) is 13.0. The minimum Gasteiger partial charge on any atom is -0.493 e. The number of rotatable bonds is 12. The fourth-order valence-electron chi connectivity index (χ4n) is 3.42. The van der Waals surface area contributed by atoms with Gasteiger partial charge in [-0.2, -0.15) is 5.10 Å². The number of hydrogen-bond acceptors (Lipinski definition) is 7. The normalized spacial score (nSPS) is 13.4. The van der Waals surface area contributed by atoms with Gasteiger partial charge in [0, 0.05) is 24.8 Å². The van der Waals surface area contributed by atoms with Gasteiger partial charge in [-0.1, -0.05) is 0 Å². The molecule has 1 aliphatic heterocycles. The van der Waals surface area contributed by atoms with E-state index in [2.05, 4.69) is 5.10 Å². The molecule has 2 aromatic carbocycles. The lowest BCUT2D eigenvalue weighted by Crippen LogP contribution is -2.32. The maximum atomic E-state index is 13.0. The highest BCUT2D eigenvalue weighted by Gasteiger charge is 2.21. The van der Waals surface area contributed by atoms with Crippen LogP contribution in [-0.2, 0) is 9.47 Å². The van der Waals surface area contributed by atoms with E-state index in [0.717, 1.165) is 24.1 Å². The van der Waals surface area contributed by atoms with Crippen molar-refractivity contribution in [3.8, 4) is 17.2 Å². The number of hydrogen-bond donors (Lipinski definition) is 0. The molecule has 0 bridgehead atoms. The Hall–Kier alpha value is -3.10. The Kier molecular flexibility index (Phi) is 9.53. The number of amides is 1. The van der Waals surface area contributed by atoms with Gasteiger partial charge in [0.05, 0.1) is 39.2 Å². The third kappa shape index (κ3) is 6.94. The van der Waals surface area contributed by atoms with Crippen molar-refractivity contribution in [1.29, 1.82) is 0 Å². The van der Waals surface area contributed by atoms with Crippen molar-refractivity contribution in [1.82, 2.24) is 5.01 Å². The molecule has 2 aromatic rings. The van der Waals surface area contributed by atoms with Crippen LogP contribution in [0.2, 0.25) is 0 Å². The van der Waals surface area contributed by atoms with Crippen LogP contribution in [0.1, 0.15) is 35.7 Å². The molecule has 0 radical (unpaired) electrons. The van der Waals surface area contributed by atoms with E-state index in [1.165, 1.54) is 5.01 Å². The van der Waals surface area contributed by atoms with Crippen molar-refractivity contribution in [2.24, 2.45) is 5.10 Å². The van der Waals surface area contributed by atoms with Gasteiger partial charge in [0.2, 0.25) is 0 Å². The van der Waals surface area contributed by atoms with Gasteiger partial charge in [0.15, 0.2) is 11.5 Å². The molecule has 3 rings (SSSR count). The van der Waals surface area contributed by atoms with Crippen LogP contribution in [0.15, 0.2) is 47.6 Å². The van der Waals surface area contributed by atoms with E-state index in [-0.39, 0.29) is 5.91 Å². The Balaban J connectivity index is 1.63. The molecular weight excluding hydrogens is 424 g/mol. The van der Waals surface area contributed by atoms with Crippen molar-refractivity contribution < 1.29 is 28.5 Å². The van der Waals surface area contributed by atoms with Crippen LogP contribution in [0.3, 0.4) is 0 Å². The lowest BCUT2D eigenvalue weighted by atomic mass is 10.0. The van der Waals surface area contributed by atoms with Gasteiger partial charge in [-0.25, -0.2) is 5.01 Å². The summed E-state index contributed by atoms with van der Waals surface area (Å²) < 4.78 is 27.0. The predicted molar refractivity (Wildman–Crippen MR) is 126 cm³/mol. The minimum atomic E-state index is -0.139. The Labute approximate surface area is 195 Å². The van der Waals surface area contributed by atoms with Crippen LogP contribution >= 0.6 is 0 Å². The van der Waals surface area contributed by atoms with E-state index in [1.807, 2.05) is 25.1 Å². The summed E-state index contributed by atoms with van der Waals surface area (Å²) in [6, 6.07) is 12.8. The lowest BCUT2D eigenvalue weighted by molar-refractivity contribution is 0.0544. The summed E-state index contributed by atoms with van der Waals surface area (Å²) in [6.45, 7) is 5.05. The Morgan fingerprint density at radius 3 is 2.48 bits per heavy atom. The Morgan fingerprint density at radius 2 is 1.76 bits per heavy atom. The number of nitrogens with zero attached hydrogens (tertiary/aromatic N) is 2. The zero-order valence-electron chi connectivity index (χ0n) is 19.5. The molecule has 1 heterocycles.